The first kappa shape index (κ1) is 34.2. The molecular weight excluding hydrogens is 659 g/mol. The van der Waals surface area contributed by atoms with Crippen molar-refractivity contribution in [2.75, 3.05) is 43.0 Å². The summed E-state index contributed by atoms with van der Waals surface area (Å²) in [4.78, 5) is 55.4. The number of aliphatic hydroxyl groups excluding tert-OH is 1. The van der Waals surface area contributed by atoms with E-state index in [1.807, 2.05) is 6.08 Å². The highest BCUT2D eigenvalue weighted by atomic mass is 35.5. The Bertz CT molecular complexity index is 1910. The molecule has 1 saturated heterocycles. The first-order valence-corrected chi connectivity index (χ1v) is 15.2. The van der Waals surface area contributed by atoms with Gasteiger partial charge in [0.1, 0.15) is 23.7 Å². The van der Waals surface area contributed by atoms with E-state index in [1.165, 1.54) is 9.47 Å². The lowest BCUT2D eigenvalue weighted by molar-refractivity contribution is -0.141. The maximum absolute atomic E-state index is 14.1. The Morgan fingerprint density at radius 3 is 2.52 bits per heavy atom. The number of anilines is 2. The molecule has 3 aromatic rings. The van der Waals surface area contributed by atoms with Gasteiger partial charge in [-0.25, -0.2) is 9.98 Å². The molecule has 0 atom stereocenters. The summed E-state index contributed by atoms with van der Waals surface area (Å²) in [6.07, 6.45) is -0.0140. The summed E-state index contributed by atoms with van der Waals surface area (Å²) in [6.45, 7) is 9.37. The van der Waals surface area contributed by atoms with Crippen molar-refractivity contribution in [3.05, 3.63) is 76.0 Å². The predicted molar refractivity (Wildman–Crippen MR) is 171 cm³/mol. The molecule has 2 aliphatic rings. The summed E-state index contributed by atoms with van der Waals surface area (Å²) in [5, 5.41) is 16.2. The number of ether oxygens (including phenoxy) is 1. The lowest BCUT2D eigenvalue weighted by atomic mass is 10.2. The molecule has 0 bridgehead atoms. The van der Waals surface area contributed by atoms with E-state index in [0.717, 1.165) is 29.6 Å². The molecule has 2 aliphatic heterocycles. The van der Waals surface area contributed by atoms with Crippen LogP contribution in [0.25, 0.3) is 11.5 Å². The molecule has 0 aromatic carbocycles. The van der Waals surface area contributed by atoms with Crippen molar-refractivity contribution in [2.45, 2.75) is 38.9 Å². The molecule has 5 heterocycles. The number of piperazine rings is 1. The van der Waals surface area contributed by atoms with E-state index in [0.29, 0.717) is 24.1 Å². The van der Waals surface area contributed by atoms with Gasteiger partial charge in [0.05, 0.1) is 18.0 Å². The summed E-state index contributed by atoms with van der Waals surface area (Å²) in [6, 6.07) is 1.70. The van der Waals surface area contributed by atoms with Crippen LogP contribution in [0.1, 0.15) is 37.0 Å². The monoisotopic (exact) mass is 689 g/mol. The van der Waals surface area contributed by atoms with E-state index in [1.54, 1.807) is 11.8 Å². The van der Waals surface area contributed by atoms with Gasteiger partial charge in [-0.15, -0.1) is 5.10 Å². The lowest BCUT2D eigenvalue weighted by Gasteiger charge is -2.36. The van der Waals surface area contributed by atoms with Crippen LogP contribution in [0.4, 0.5) is 24.5 Å². The van der Waals surface area contributed by atoms with Crippen LogP contribution >= 0.6 is 11.6 Å². The average Bonchev–Trinajstić information content (AvgIpc) is 3.51. The van der Waals surface area contributed by atoms with Crippen molar-refractivity contribution >= 4 is 52.0 Å². The second-order valence-electron chi connectivity index (χ2n) is 10.7. The molecular formula is C30H31ClF3N9O5. The normalized spacial score (nSPS) is 15.6. The fourth-order valence-corrected chi connectivity index (χ4v) is 5.59. The Kier molecular flexibility index (Phi) is 9.88. The van der Waals surface area contributed by atoms with Crippen molar-refractivity contribution < 1.29 is 32.6 Å². The molecule has 0 saturated carbocycles. The van der Waals surface area contributed by atoms with Crippen molar-refractivity contribution in [1.29, 1.82) is 0 Å². The zero-order valence-electron chi connectivity index (χ0n) is 25.8. The highest BCUT2D eigenvalue weighted by molar-refractivity contribution is 6.44. The third-order valence-corrected chi connectivity index (χ3v) is 7.90. The highest BCUT2D eigenvalue weighted by Crippen LogP contribution is 2.31. The zero-order chi connectivity index (χ0) is 34.7. The van der Waals surface area contributed by atoms with Crippen LogP contribution in [0.15, 0.2) is 53.1 Å². The van der Waals surface area contributed by atoms with Gasteiger partial charge in [0, 0.05) is 32.4 Å². The maximum atomic E-state index is 14.1. The van der Waals surface area contributed by atoms with E-state index in [9.17, 15) is 32.7 Å². The van der Waals surface area contributed by atoms with Gasteiger partial charge in [-0.1, -0.05) is 31.7 Å². The summed E-state index contributed by atoms with van der Waals surface area (Å²) >= 11 is 5.98. The van der Waals surface area contributed by atoms with Gasteiger partial charge < -0.3 is 29.5 Å². The quantitative estimate of drug-likeness (QED) is 0.194. The van der Waals surface area contributed by atoms with Gasteiger partial charge in [-0.2, -0.15) is 22.7 Å². The van der Waals surface area contributed by atoms with E-state index >= 15 is 0 Å². The average molecular weight is 690 g/mol. The van der Waals surface area contributed by atoms with Crippen molar-refractivity contribution in [1.82, 2.24) is 29.0 Å². The standard InChI is InChI=1S/C30H31ClF3N9O5/c1-4-19-24(40-11-13-41(14-12-40)27(46)23(17(3)44)35-5-2)28(47)43-29(38-26(39-43)20-8-6-7-15-48-20)42(19)16-22(45)36-18-9-10-21(30(32,33)34)37-25(18)31/h5,8-10,44H,2-4,6-7,11-16H2,1H3,(H,36,45). The number of carbonyl (C=O) groups excluding carboxylic acids is 2. The second kappa shape index (κ2) is 13.9. The van der Waals surface area contributed by atoms with E-state index in [-0.39, 0.29) is 61.3 Å². The molecule has 0 unspecified atom stereocenters. The van der Waals surface area contributed by atoms with E-state index in [2.05, 4.69) is 38.5 Å². The highest BCUT2D eigenvalue weighted by Gasteiger charge is 2.34. The Labute approximate surface area is 276 Å². The van der Waals surface area contributed by atoms with Crippen LogP contribution in [0.2, 0.25) is 5.15 Å². The Morgan fingerprint density at radius 2 is 1.94 bits per heavy atom. The van der Waals surface area contributed by atoms with Gasteiger partial charge in [-0.05, 0) is 37.5 Å². The Balaban J connectivity index is 1.52. The predicted octanol–water partition coefficient (Wildman–Crippen LogP) is 3.62. The maximum Gasteiger partial charge on any atom is 0.433 e. The van der Waals surface area contributed by atoms with Crippen molar-refractivity contribution in [3.8, 4) is 0 Å². The Morgan fingerprint density at radius 1 is 1.21 bits per heavy atom. The third-order valence-electron chi connectivity index (χ3n) is 7.61. The number of carbonyl (C=O) groups is 2. The zero-order valence-corrected chi connectivity index (χ0v) is 26.5. The number of hydrogen-bond donors (Lipinski definition) is 2. The minimum Gasteiger partial charge on any atom is -0.506 e. The largest absolute Gasteiger partial charge is 0.506 e. The van der Waals surface area contributed by atoms with Crippen LogP contribution in [-0.2, 0) is 33.5 Å². The number of allylic oxidation sites excluding steroid dienone is 1. The summed E-state index contributed by atoms with van der Waals surface area (Å²) in [7, 11) is 0. The fourth-order valence-electron chi connectivity index (χ4n) is 5.39. The number of amides is 2. The smallest absolute Gasteiger partial charge is 0.433 e. The number of aromatic nitrogens is 5. The molecule has 2 amide bonds. The molecule has 0 aliphatic carbocycles. The molecule has 254 valence electrons. The number of alkyl halides is 3. The first-order chi connectivity index (χ1) is 22.8. The number of aliphatic imine (C=N–C) groups is 1. The van der Waals surface area contributed by atoms with E-state index in [4.69, 9.17) is 16.3 Å². The number of fused-ring (bicyclic) bond motifs is 1. The second-order valence-corrected chi connectivity index (χ2v) is 11.1. The van der Waals surface area contributed by atoms with E-state index < -0.39 is 46.7 Å². The topological polar surface area (TPSA) is 160 Å². The van der Waals surface area contributed by atoms with Gasteiger partial charge in [0.2, 0.25) is 17.5 Å². The molecule has 3 aromatic heterocycles. The first-order valence-electron chi connectivity index (χ1n) is 14.8. The molecule has 0 spiro atoms. The SMILES string of the molecule is C=CN=C(C(=C)O)C(=O)N1CCN(c2c(CC)n(CC(=O)Nc3ccc(C(F)(F)F)nc3Cl)c3nc(C4=CCCCO4)nn3c2=O)CC1. The number of nitrogens with one attached hydrogen (secondary N) is 1. The number of rotatable bonds is 9. The van der Waals surface area contributed by atoms with Crippen molar-refractivity contribution in [3.63, 3.8) is 0 Å². The summed E-state index contributed by atoms with van der Waals surface area (Å²) in [5.41, 5.74) is -1.47. The van der Waals surface area contributed by atoms with Gasteiger partial charge in [0.15, 0.2) is 16.6 Å². The minimum absolute atomic E-state index is 0.0398. The third kappa shape index (κ3) is 6.90. The minimum atomic E-state index is -4.73. The molecule has 14 nitrogen and oxygen atoms in total. The van der Waals surface area contributed by atoms with Gasteiger partial charge in [0.25, 0.3) is 11.5 Å². The molecule has 18 heteroatoms. The lowest BCUT2D eigenvalue weighted by Crippen LogP contribution is -2.52. The number of aliphatic hydroxyl groups is 1. The van der Waals surface area contributed by atoms with Crippen LogP contribution in [0, 0.1) is 0 Å². The van der Waals surface area contributed by atoms with Crippen LogP contribution in [0.3, 0.4) is 0 Å². The van der Waals surface area contributed by atoms with Crippen LogP contribution < -0.4 is 15.8 Å². The number of hydrogen-bond acceptors (Lipinski definition) is 10. The number of pyridine rings is 1. The molecule has 48 heavy (non-hydrogen) atoms. The van der Waals surface area contributed by atoms with Gasteiger partial charge in [-0.3, -0.25) is 14.4 Å². The summed E-state index contributed by atoms with van der Waals surface area (Å²) < 4.78 is 47.6. The molecule has 1 fully saturated rings. The summed E-state index contributed by atoms with van der Waals surface area (Å²) in [5.74, 6) is -1.18. The molecule has 0 radical (unpaired) electrons. The van der Waals surface area contributed by atoms with Crippen LogP contribution in [-0.4, -0.2) is 84.5 Å². The van der Waals surface area contributed by atoms with Gasteiger partial charge >= 0.3 is 6.18 Å². The van der Waals surface area contributed by atoms with Crippen molar-refractivity contribution in [2.24, 2.45) is 4.99 Å². The number of halogens is 4. The van der Waals surface area contributed by atoms with Crippen LogP contribution in [0.5, 0.6) is 0 Å². The number of nitrogens with zero attached hydrogens (tertiary/aromatic N) is 8. The fraction of sp³-hybridized carbons (Fsp3) is 0.367. The molecule has 2 N–H and O–H groups in total. The molecule has 5 rings (SSSR count). The Hall–Kier alpha value is -5.19.